The molecule has 0 aromatic carbocycles. The van der Waals surface area contributed by atoms with E-state index >= 15 is 0 Å². The van der Waals surface area contributed by atoms with Crippen LogP contribution in [0.3, 0.4) is 0 Å². The van der Waals surface area contributed by atoms with Crippen LogP contribution in [0.4, 0.5) is 0 Å². The molecule has 0 spiro atoms. The SMILES string of the molecule is CCNC1CCC(C(C)C)CC1OCCC1CC1. The monoisotopic (exact) mass is 253 g/mol. The smallest absolute Gasteiger partial charge is 0.0730 e. The van der Waals surface area contributed by atoms with Gasteiger partial charge < -0.3 is 10.1 Å². The highest BCUT2D eigenvalue weighted by Crippen LogP contribution is 2.34. The van der Waals surface area contributed by atoms with Crippen LogP contribution < -0.4 is 5.32 Å². The predicted octanol–water partition coefficient (Wildman–Crippen LogP) is 3.61. The van der Waals surface area contributed by atoms with Crippen molar-refractivity contribution < 1.29 is 4.74 Å². The number of rotatable bonds is 7. The third-order valence-corrected chi connectivity index (χ3v) is 4.80. The molecule has 0 heterocycles. The Balaban J connectivity index is 1.78. The molecular formula is C16H31NO. The van der Waals surface area contributed by atoms with Crippen molar-refractivity contribution in [2.24, 2.45) is 17.8 Å². The predicted molar refractivity (Wildman–Crippen MR) is 76.7 cm³/mol. The van der Waals surface area contributed by atoms with E-state index in [2.05, 4.69) is 26.1 Å². The molecule has 2 nitrogen and oxygen atoms in total. The number of likely N-dealkylation sites (N-methyl/N-ethyl adjacent to an activating group) is 1. The first-order chi connectivity index (χ1) is 8.70. The van der Waals surface area contributed by atoms with E-state index in [0.717, 1.165) is 30.9 Å². The van der Waals surface area contributed by atoms with E-state index in [1.807, 2.05) is 0 Å². The molecule has 0 aliphatic heterocycles. The Labute approximate surface area is 113 Å². The van der Waals surface area contributed by atoms with E-state index in [-0.39, 0.29) is 0 Å². The molecule has 18 heavy (non-hydrogen) atoms. The summed E-state index contributed by atoms with van der Waals surface area (Å²) in [5, 5.41) is 3.62. The van der Waals surface area contributed by atoms with Crippen molar-refractivity contribution in [3.8, 4) is 0 Å². The molecule has 2 aliphatic rings. The zero-order valence-electron chi connectivity index (χ0n) is 12.5. The summed E-state index contributed by atoms with van der Waals surface area (Å²) in [5.41, 5.74) is 0. The number of ether oxygens (including phenoxy) is 1. The van der Waals surface area contributed by atoms with Crippen molar-refractivity contribution in [1.29, 1.82) is 0 Å². The minimum absolute atomic E-state index is 0.463. The topological polar surface area (TPSA) is 21.3 Å². The van der Waals surface area contributed by atoms with Gasteiger partial charge >= 0.3 is 0 Å². The summed E-state index contributed by atoms with van der Waals surface area (Å²) in [6.07, 6.45) is 8.58. The van der Waals surface area contributed by atoms with Crippen molar-refractivity contribution in [3.63, 3.8) is 0 Å². The Morgan fingerprint density at radius 3 is 2.56 bits per heavy atom. The van der Waals surface area contributed by atoms with Crippen LogP contribution in [0.1, 0.15) is 59.3 Å². The molecule has 2 rings (SSSR count). The van der Waals surface area contributed by atoms with Crippen LogP contribution in [-0.4, -0.2) is 25.3 Å². The maximum atomic E-state index is 6.22. The lowest BCUT2D eigenvalue weighted by atomic mass is 9.78. The van der Waals surface area contributed by atoms with Gasteiger partial charge in [0, 0.05) is 12.6 Å². The van der Waals surface area contributed by atoms with Gasteiger partial charge in [-0.1, -0.05) is 33.6 Å². The Kier molecular flexibility index (Phi) is 5.50. The fraction of sp³-hybridized carbons (Fsp3) is 1.00. The molecule has 1 N–H and O–H groups in total. The molecule has 2 saturated carbocycles. The first kappa shape index (κ1) is 14.3. The maximum Gasteiger partial charge on any atom is 0.0730 e. The highest BCUT2D eigenvalue weighted by atomic mass is 16.5. The Morgan fingerprint density at radius 2 is 1.94 bits per heavy atom. The second-order valence-corrected chi connectivity index (χ2v) is 6.62. The van der Waals surface area contributed by atoms with Crippen LogP contribution in [0.2, 0.25) is 0 Å². The van der Waals surface area contributed by atoms with Gasteiger partial charge in [0.2, 0.25) is 0 Å². The zero-order chi connectivity index (χ0) is 13.0. The first-order valence-corrected chi connectivity index (χ1v) is 8.05. The quantitative estimate of drug-likeness (QED) is 0.748. The van der Waals surface area contributed by atoms with Crippen molar-refractivity contribution in [3.05, 3.63) is 0 Å². The van der Waals surface area contributed by atoms with Crippen molar-refractivity contribution in [2.45, 2.75) is 71.4 Å². The molecule has 3 atom stereocenters. The molecule has 0 bridgehead atoms. The number of hydrogen-bond acceptors (Lipinski definition) is 2. The Morgan fingerprint density at radius 1 is 1.17 bits per heavy atom. The van der Waals surface area contributed by atoms with Gasteiger partial charge in [0.1, 0.15) is 0 Å². The molecule has 0 aromatic heterocycles. The van der Waals surface area contributed by atoms with Gasteiger partial charge in [-0.25, -0.2) is 0 Å². The average molecular weight is 253 g/mol. The van der Waals surface area contributed by atoms with E-state index in [1.165, 1.54) is 38.5 Å². The van der Waals surface area contributed by atoms with Crippen LogP contribution in [0.25, 0.3) is 0 Å². The molecular weight excluding hydrogens is 222 g/mol. The van der Waals surface area contributed by atoms with Crippen LogP contribution in [0.5, 0.6) is 0 Å². The van der Waals surface area contributed by atoms with Crippen LogP contribution in [0.15, 0.2) is 0 Å². The highest BCUT2D eigenvalue weighted by molar-refractivity contribution is 4.87. The van der Waals surface area contributed by atoms with Gasteiger partial charge in [0.05, 0.1) is 6.10 Å². The normalized spacial score (nSPS) is 33.0. The summed E-state index contributed by atoms with van der Waals surface area (Å²) in [4.78, 5) is 0. The number of hydrogen-bond donors (Lipinski definition) is 1. The summed E-state index contributed by atoms with van der Waals surface area (Å²) in [5.74, 6) is 2.67. The Bertz CT molecular complexity index is 237. The van der Waals surface area contributed by atoms with Crippen LogP contribution >= 0.6 is 0 Å². The standard InChI is InChI=1S/C16H31NO/c1-4-17-15-8-7-14(12(2)3)11-16(15)18-10-9-13-5-6-13/h12-17H,4-11H2,1-3H3. The summed E-state index contributed by atoms with van der Waals surface area (Å²) in [7, 11) is 0. The second-order valence-electron chi connectivity index (χ2n) is 6.62. The lowest BCUT2D eigenvalue weighted by Crippen LogP contribution is -2.46. The highest BCUT2D eigenvalue weighted by Gasteiger charge is 2.32. The van der Waals surface area contributed by atoms with Crippen LogP contribution in [0, 0.1) is 17.8 Å². The summed E-state index contributed by atoms with van der Waals surface area (Å²) in [6, 6.07) is 0.601. The minimum atomic E-state index is 0.463. The first-order valence-electron chi connectivity index (χ1n) is 8.05. The van der Waals surface area contributed by atoms with Crippen LogP contribution in [-0.2, 0) is 4.74 Å². The third-order valence-electron chi connectivity index (χ3n) is 4.80. The van der Waals surface area contributed by atoms with E-state index in [0.29, 0.717) is 12.1 Å². The molecule has 2 fully saturated rings. The fourth-order valence-corrected chi connectivity index (χ4v) is 3.24. The molecule has 0 aromatic rings. The molecule has 2 heteroatoms. The van der Waals surface area contributed by atoms with Gasteiger partial charge in [-0.05, 0) is 50.0 Å². The van der Waals surface area contributed by atoms with Gasteiger partial charge in [0.15, 0.2) is 0 Å². The van der Waals surface area contributed by atoms with Gasteiger partial charge in [0.25, 0.3) is 0 Å². The lowest BCUT2D eigenvalue weighted by Gasteiger charge is -2.38. The van der Waals surface area contributed by atoms with Gasteiger partial charge in [-0.3, -0.25) is 0 Å². The van der Waals surface area contributed by atoms with E-state index < -0.39 is 0 Å². The zero-order valence-corrected chi connectivity index (χ0v) is 12.5. The molecule has 0 saturated heterocycles. The van der Waals surface area contributed by atoms with Gasteiger partial charge in [-0.15, -0.1) is 0 Å². The van der Waals surface area contributed by atoms with Crippen molar-refractivity contribution in [1.82, 2.24) is 5.32 Å². The molecule has 2 aliphatic carbocycles. The Hall–Kier alpha value is -0.0800. The minimum Gasteiger partial charge on any atom is -0.377 e. The molecule has 0 amide bonds. The summed E-state index contributed by atoms with van der Waals surface area (Å²) < 4.78 is 6.22. The third kappa shape index (κ3) is 4.24. The average Bonchev–Trinajstić information content (AvgIpc) is 3.15. The molecule has 3 unspecified atom stereocenters. The fourth-order valence-electron chi connectivity index (χ4n) is 3.24. The van der Waals surface area contributed by atoms with Gasteiger partial charge in [-0.2, -0.15) is 0 Å². The lowest BCUT2D eigenvalue weighted by molar-refractivity contribution is -0.0184. The summed E-state index contributed by atoms with van der Waals surface area (Å²) in [6.45, 7) is 8.98. The summed E-state index contributed by atoms with van der Waals surface area (Å²) >= 11 is 0. The maximum absolute atomic E-state index is 6.22. The molecule has 0 radical (unpaired) electrons. The second kappa shape index (κ2) is 6.91. The van der Waals surface area contributed by atoms with E-state index in [9.17, 15) is 0 Å². The van der Waals surface area contributed by atoms with Crippen molar-refractivity contribution >= 4 is 0 Å². The van der Waals surface area contributed by atoms with E-state index in [4.69, 9.17) is 4.74 Å². The van der Waals surface area contributed by atoms with E-state index in [1.54, 1.807) is 0 Å². The number of nitrogens with one attached hydrogen (secondary N) is 1. The molecule has 106 valence electrons. The van der Waals surface area contributed by atoms with Crippen molar-refractivity contribution in [2.75, 3.05) is 13.2 Å². The largest absolute Gasteiger partial charge is 0.377 e.